The smallest absolute Gasteiger partial charge is 0.410 e. The summed E-state index contributed by atoms with van der Waals surface area (Å²) in [6, 6.07) is 8.43. The number of carbonyl (C=O) groups is 5. The predicted molar refractivity (Wildman–Crippen MR) is 195 cm³/mol. The molecule has 3 aromatic rings. The van der Waals surface area contributed by atoms with Gasteiger partial charge in [0.1, 0.15) is 29.4 Å². The molecule has 1 aromatic heterocycles. The van der Waals surface area contributed by atoms with Crippen LogP contribution in [-0.2, 0) is 32.3 Å². The number of piperazine rings is 1. The lowest BCUT2D eigenvalue weighted by molar-refractivity contribution is -0.150. The molecule has 6 N–H and O–H groups in total. The Kier molecular flexibility index (Phi) is 12.3. The van der Waals surface area contributed by atoms with Crippen LogP contribution in [0.5, 0.6) is 0 Å². The number of halogens is 1. The number of carboxylic acid groups (broad SMARTS) is 1. The number of fused-ring (bicyclic) bond motifs is 1. The normalized spacial score (nSPS) is 15.6. The number of nitrogens with two attached hydrogens (primary N) is 1. The minimum atomic E-state index is -1.38. The van der Waals surface area contributed by atoms with Crippen molar-refractivity contribution in [2.45, 2.75) is 65.1 Å². The van der Waals surface area contributed by atoms with Gasteiger partial charge in [0.2, 0.25) is 23.2 Å². The molecular weight excluding hydrogens is 689 g/mol. The number of hydrogen-bond acceptors (Lipinski definition) is 9. The van der Waals surface area contributed by atoms with Crippen LogP contribution < -0.4 is 32.0 Å². The molecule has 0 radical (unpaired) electrons. The van der Waals surface area contributed by atoms with E-state index < -0.39 is 52.1 Å². The van der Waals surface area contributed by atoms with Gasteiger partial charge in [0, 0.05) is 56.5 Å². The summed E-state index contributed by atoms with van der Waals surface area (Å²) >= 11 is 0. The minimum absolute atomic E-state index is 0.0163. The third-order valence-electron chi connectivity index (χ3n) is 9.91. The zero-order valence-corrected chi connectivity index (χ0v) is 29.9. The number of hydrogen-bond donors (Lipinski definition) is 5. The molecule has 2 aliphatic rings. The molecule has 15 nitrogen and oxygen atoms in total. The lowest BCUT2D eigenvalue weighted by Crippen LogP contribution is -2.58. The molecule has 0 bridgehead atoms. The number of carbonyl (C=O) groups excluding carboxylic acids is 4. The van der Waals surface area contributed by atoms with Crippen molar-refractivity contribution in [3.63, 3.8) is 0 Å². The van der Waals surface area contributed by atoms with Gasteiger partial charge in [0.25, 0.3) is 0 Å². The highest BCUT2D eigenvalue weighted by atomic mass is 19.1. The van der Waals surface area contributed by atoms with Crippen molar-refractivity contribution in [1.29, 1.82) is 0 Å². The number of aromatic carboxylic acids is 1. The molecule has 1 aliphatic heterocycles. The van der Waals surface area contributed by atoms with Crippen LogP contribution in [0.25, 0.3) is 10.9 Å². The number of nitrogens with zero attached hydrogens (tertiary/aromatic N) is 3. The maximum Gasteiger partial charge on any atom is 0.410 e. The Labute approximate surface area is 305 Å². The highest BCUT2D eigenvalue weighted by molar-refractivity contribution is 6.08. The fourth-order valence-corrected chi connectivity index (χ4v) is 6.64. The van der Waals surface area contributed by atoms with Gasteiger partial charge in [-0.2, -0.15) is 0 Å². The number of rotatable bonds is 14. The molecule has 16 heteroatoms. The monoisotopic (exact) mass is 735 g/mol. The van der Waals surface area contributed by atoms with Crippen molar-refractivity contribution in [3.8, 4) is 0 Å². The van der Waals surface area contributed by atoms with E-state index in [1.165, 1.54) is 17.2 Å². The number of ether oxygens (including phenoxy) is 1. The van der Waals surface area contributed by atoms with Gasteiger partial charge in [-0.15, -0.1) is 0 Å². The molecule has 2 aromatic carbocycles. The molecule has 1 aliphatic carbocycles. The second kappa shape index (κ2) is 16.9. The van der Waals surface area contributed by atoms with Gasteiger partial charge < -0.3 is 45.9 Å². The molecular formula is C37H46FN7O8. The highest BCUT2D eigenvalue weighted by Gasteiger charge is 2.51. The number of aromatic nitrogens is 1. The second-order valence-electron chi connectivity index (χ2n) is 13.3. The Morgan fingerprint density at radius 2 is 1.72 bits per heavy atom. The van der Waals surface area contributed by atoms with Gasteiger partial charge in [-0.25, -0.2) is 14.0 Å². The van der Waals surface area contributed by atoms with E-state index in [-0.39, 0.29) is 36.7 Å². The van der Waals surface area contributed by atoms with E-state index in [1.54, 1.807) is 47.6 Å². The van der Waals surface area contributed by atoms with E-state index in [9.17, 15) is 33.9 Å². The molecule has 1 atom stereocenters. The first-order valence-corrected chi connectivity index (χ1v) is 17.9. The van der Waals surface area contributed by atoms with E-state index >= 15 is 4.39 Å². The SMILES string of the molecule is CCNC(=O)C1(C(=O)N[C@@H](CCCN)C(=O)Nc2ccc(COC(=O)N3CCN(c4cc5c(cc4F)c(=O)c(C(=O)O)cn5CC)CC3)cc2)CCC1. The number of amides is 4. The zero-order chi connectivity index (χ0) is 38.3. The van der Waals surface area contributed by atoms with Crippen molar-refractivity contribution in [2.24, 2.45) is 11.1 Å². The van der Waals surface area contributed by atoms with E-state index in [0.717, 1.165) is 12.5 Å². The average molecular weight is 736 g/mol. The van der Waals surface area contributed by atoms with Gasteiger partial charge in [0.15, 0.2) is 0 Å². The predicted octanol–water partition coefficient (Wildman–Crippen LogP) is 2.79. The zero-order valence-electron chi connectivity index (χ0n) is 29.9. The average Bonchev–Trinajstić information content (AvgIpc) is 3.12. The molecule has 0 unspecified atom stereocenters. The standard InChI is InChI=1S/C37H46FN7O8/c1-3-40-34(50)37(12-6-13-37)35(51)42-28(7-5-14-39)32(47)41-24-10-8-23(9-11-24)22-53-36(52)45-17-15-44(16-18-45)30-20-29-25(19-27(30)38)31(46)26(33(48)49)21-43(29)4-2/h8-11,19-21,28H,3-7,12-18,22,39H2,1-2H3,(H,40,50)(H,41,47)(H,42,51)(H,48,49)/t28-/m0/s1. The molecule has 0 spiro atoms. The Balaban J connectivity index is 1.14. The summed E-state index contributed by atoms with van der Waals surface area (Å²) in [4.78, 5) is 79.5. The number of nitrogens with one attached hydrogen (secondary N) is 3. The van der Waals surface area contributed by atoms with Crippen molar-refractivity contribution < 1.29 is 38.2 Å². The number of carboxylic acids is 1. The van der Waals surface area contributed by atoms with E-state index in [0.29, 0.717) is 75.2 Å². The van der Waals surface area contributed by atoms with Crippen LogP contribution in [0.1, 0.15) is 61.9 Å². The summed E-state index contributed by atoms with van der Waals surface area (Å²) in [6.45, 7) is 5.76. The first-order chi connectivity index (χ1) is 25.4. The number of pyridine rings is 1. The molecule has 4 amide bonds. The van der Waals surface area contributed by atoms with Crippen LogP contribution in [0.4, 0.5) is 20.6 Å². The Morgan fingerprint density at radius 3 is 2.30 bits per heavy atom. The fraction of sp³-hybridized carbons (Fsp3) is 0.459. The van der Waals surface area contributed by atoms with Crippen molar-refractivity contribution in [3.05, 3.63) is 69.8 Å². The first kappa shape index (κ1) is 38.7. The third kappa shape index (κ3) is 8.43. The van der Waals surface area contributed by atoms with Crippen molar-refractivity contribution in [1.82, 2.24) is 20.1 Å². The first-order valence-electron chi connectivity index (χ1n) is 17.9. The van der Waals surface area contributed by atoms with E-state index in [4.69, 9.17) is 10.5 Å². The molecule has 1 saturated carbocycles. The van der Waals surface area contributed by atoms with Gasteiger partial charge in [-0.1, -0.05) is 18.6 Å². The summed E-state index contributed by atoms with van der Waals surface area (Å²) < 4.78 is 22.4. The number of aryl methyl sites for hydroxylation is 1. The lowest BCUT2D eigenvalue weighted by atomic mass is 9.67. The summed E-state index contributed by atoms with van der Waals surface area (Å²) in [5, 5.41) is 17.7. The summed E-state index contributed by atoms with van der Waals surface area (Å²) in [5.41, 5.74) is 5.13. The summed E-state index contributed by atoms with van der Waals surface area (Å²) in [5.74, 6) is -3.28. The maximum absolute atomic E-state index is 15.3. The third-order valence-corrected chi connectivity index (χ3v) is 9.91. The lowest BCUT2D eigenvalue weighted by Gasteiger charge is -2.39. The highest BCUT2D eigenvalue weighted by Crippen LogP contribution is 2.41. The van der Waals surface area contributed by atoms with Gasteiger partial charge in [-0.05, 0) is 75.9 Å². The second-order valence-corrected chi connectivity index (χ2v) is 13.3. The van der Waals surface area contributed by atoms with Gasteiger partial charge in [-0.3, -0.25) is 19.2 Å². The molecule has 284 valence electrons. The van der Waals surface area contributed by atoms with E-state index in [2.05, 4.69) is 16.0 Å². The van der Waals surface area contributed by atoms with Crippen molar-refractivity contribution >= 4 is 52.1 Å². The topological polar surface area (TPSA) is 205 Å². The van der Waals surface area contributed by atoms with Crippen LogP contribution in [-0.4, -0.2) is 89.7 Å². The Hall–Kier alpha value is -5.51. The molecule has 5 rings (SSSR count). The summed E-state index contributed by atoms with van der Waals surface area (Å²) in [6.07, 6.45) is 3.11. The molecule has 2 fully saturated rings. The molecule has 53 heavy (non-hydrogen) atoms. The number of benzene rings is 2. The van der Waals surface area contributed by atoms with E-state index in [1.807, 2.05) is 0 Å². The fourth-order valence-electron chi connectivity index (χ4n) is 6.64. The molecule has 2 heterocycles. The quantitative estimate of drug-likeness (QED) is 0.153. The van der Waals surface area contributed by atoms with Crippen LogP contribution in [0, 0.1) is 11.2 Å². The van der Waals surface area contributed by atoms with Crippen LogP contribution in [0.2, 0.25) is 0 Å². The van der Waals surface area contributed by atoms with Crippen LogP contribution in [0.15, 0.2) is 47.4 Å². The van der Waals surface area contributed by atoms with Gasteiger partial charge >= 0.3 is 12.1 Å². The summed E-state index contributed by atoms with van der Waals surface area (Å²) in [7, 11) is 0. The van der Waals surface area contributed by atoms with Crippen molar-refractivity contribution in [2.75, 3.05) is 49.5 Å². The largest absolute Gasteiger partial charge is 0.477 e. The Bertz CT molecular complexity index is 1920. The number of anilines is 2. The minimum Gasteiger partial charge on any atom is -0.477 e. The maximum atomic E-state index is 15.3. The van der Waals surface area contributed by atoms with Crippen LogP contribution >= 0.6 is 0 Å². The van der Waals surface area contributed by atoms with Gasteiger partial charge in [0.05, 0.1) is 11.2 Å². The Morgan fingerprint density at radius 1 is 1.02 bits per heavy atom. The van der Waals surface area contributed by atoms with Crippen LogP contribution in [0.3, 0.4) is 0 Å². The molecule has 1 saturated heterocycles.